The Morgan fingerprint density at radius 2 is 2.12 bits per heavy atom. The zero-order valence-electron chi connectivity index (χ0n) is 14.2. The number of benzene rings is 1. The highest BCUT2D eigenvalue weighted by Crippen LogP contribution is 2.22. The summed E-state index contributed by atoms with van der Waals surface area (Å²) in [5.41, 5.74) is 0.873. The van der Waals surface area contributed by atoms with Crippen LogP contribution in [0.25, 0.3) is 0 Å². The number of carboxylic acids is 1. The quantitative estimate of drug-likeness (QED) is 0.467. The van der Waals surface area contributed by atoms with Gasteiger partial charge >= 0.3 is 5.97 Å². The molecule has 9 heteroatoms. The topological polar surface area (TPSA) is 120 Å². The van der Waals surface area contributed by atoms with Crippen LogP contribution in [0.5, 0.6) is 0 Å². The van der Waals surface area contributed by atoms with Gasteiger partial charge in [-0.3, -0.25) is 9.59 Å². The van der Waals surface area contributed by atoms with Gasteiger partial charge in [0, 0.05) is 6.42 Å². The maximum atomic E-state index is 12.0. The molecule has 1 saturated heterocycles. The van der Waals surface area contributed by atoms with E-state index in [0.717, 1.165) is 17.3 Å². The molecule has 138 valence electrons. The van der Waals surface area contributed by atoms with Crippen LogP contribution in [0.2, 0.25) is 0 Å². The molecule has 1 aromatic rings. The second-order valence-electron chi connectivity index (χ2n) is 5.61. The smallest absolute Gasteiger partial charge is 0.326 e. The van der Waals surface area contributed by atoms with E-state index in [1.807, 2.05) is 37.3 Å². The minimum Gasteiger partial charge on any atom is -0.480 e. The van der Waals surface area contributed by atoms with Crippen molar-refractivity contribution in [1.29, 1.82) is 0 Å². The summed E-state index contributed by atoms with van der Waals surface area (Å²) >= 11 is 1.10. The lowest BCUT2D eigenvalue weighted by Crippen LogP contribution is -2.42. The molecular weight excluding hydrogens is 356 g/mol. The van der Waals surface area contributed by atoms with Crippen molar-refractivity contribution in [3.05, 3.63) is 35.9 Å². The van der Waals surface area contributed by atoms with E-state index in [-0.39, 0.29) is 12.3 Å². The molecule has 0 bridgehead atoms. The minimum absolute atomic E-state index is 0.120. The van der Waals surface area contributed by atoms with Crippen molar-refractivity contribution >= 4 is 40.9 Å². The first-order chi connectivity index (χ1) is 12.5. The third-order valence-electron chi connectivity index (χ3n) is 3.51. The fourth-order valence-electron chi connectivity index (χ4n) is 2.24. The molecule has 1 fully saturated rings. The molecular formula is C17H20N4O4S. The molecule has 1 aromatic carbocycles. The Kier molecular flexibility index (Phi) is 7.34. The molecule has 26 heavy (non-hydrogen) atoms. The SMILES string of the molecule is CCC[C@H](NC(=O)C[C@H]1S/C(=N/N=C\c2ccccc2)NC1=O)C(=O)O. The fourth-order valence-corrected chi connectivity index (χ4v) is 3.17. The first kappa shape index (κ1) is 19.6. The van der Waals surface area contributed by atoms with Crippen LogP contribution in [-0.4, -0.2) is 45.6 Å². The molecule has 1 aliphatic rings. The van der Waals surface area contributed by atoms with Crippen molar-refractivity contribution < 1.29 is 19.5 Å². The van der Waals surface area contributed by atoms with E-state index in [1.54, 1.807) is 6.21 Å². The van der Waals surface area contributed by atoms with Crippen LogP contribution in [0.15, 0.2) is 40.5 Å². The van der Waals surface area contributed by atoms with Gasteiger partial charge in [0.2, 0.25) is 11.8 Å². The summed E-state index contributed by atoms with van der Waals surface area (Å²) in [7, 11) is 0. The maximum Gasteiger partial charge on any atom is 0.326 e. The monoisotopic (exact) mass is 376 g/mol. The second-order valence-corrected chi connectivity index (χ2v) is 6.80. The zero-order chi connectivity index (χ0) is 18.9. The van der Waals surface area contributed by atoms with Gasteiger partial charge in [-0.1, -0.05) is 55.4 Å². The number of nitrogens with zero attached hydrogens (tertiary/aromatic N) is 2. The van der Waals surface area contributed by atoms with E-state index >= 15 is 0 Å². The normalized spacial score (nSPS) is 19.5. The first-order valence-electron chi connectivity index (χ1n) is 8.15. The maximum absolute atomic E-state index is 12.0. The van der Waals surface area contributed by atoms with Gasteiger partial charge in [-0.25, -0.2) is 4.79 Å². The molecule has 0 saturated carbocycles. The zero-order valence-corrected chi connectivity index (χ0v) is 15.0. The number of aliphatic carboxylic acids is 1. The Bertz CT molecular complexity index is 721. The van der Waals surface area contributed by atoms with E-state index in [1.165, 1.54) is 0 Å². The standard InChI is InChI=1S/C17H20N4O4S/c1-2-6-12(16(24)25)19-14(22)9-13-15(23)20-17(26-13)21-18-10-11-7-4-3-5-8-11/h3-5,7-8,10,12-13H,2,6,9H2,1H3,(H,19,22)(H,24,25)(H,20,21,23)/b18-10-/t12-,13+/m0/s1. The van der Waals surface area contributed by atoms with Crippen molar-refractivity contribution in [2.45, 2.75) is 37.5 Å². The number of hydrogen-bond acceptors (Lipinski definition) is 6. The van der Waals surface area contributed by atoms with Gasteiger partial charge in [0.15, 0.2) is 5.17 Å². The molecule has 3 N–H and O–H groups in total. The highest BCUT2D eigenvalue weighted by Gasteiger charge is 2.33. The minimum atomic E-state index is -1.08. The van der Waals surface area contributed by atoms with E-state index in [0.29, 0.717) is 18.0 Å². The molecule has 1 heterocycles. The van der Waals surface area contributed by atoms with Crippen LogP contribution < -0.4 is 10.6 Å². The summed E-state index contributed by atoms with van der Waals surface area (Å²) in [4.78, 5) is 35.0. The molecule has 0 aromatic heterocycles. The van der Waals surface area contributed by atoms with Gasteiger partial charge in [0.25, 0.3) is 0 Å². The Morgan fingerprint density at radius 3 is 2.77 bits per heavy atom. The van der Waals surface area contributed by atoms with Crippen LogP contribution in [0.1, 0.15) is 31.7 Å². The van der Waals surface area contributed by atoms with Gasteiger partial charge < -0.3 is 15.7 Å². The third-order valence-corrected chi connectivity index (χ3v) is 4.59. The van der Waals surface area contributed by atoms with Gasteiger partial charge in [-0.05, 0) is 12.0 Å². The van der Waals surface area contributed by atoms with Crippen molar-refractivity contribution in [2.75, 3.05) is 0 Å². The molecule has 0 unspecified atom stereocenters. The summed E-state index contributed by atoms with van der Waals surface area (Å²) in [6, 6.07) is 8.43. The number of carboxylic acid groups (broad SMARTS) is 1. The predicted octanol–water partition coefficient (Wildman–Crippen LogP) is 1.37. The number of carbonyl (C=O) groups is 3. The Labute approximate surface area is 155 Å². The number of amides is 2. The molecule has 0 aliphatic carbocycles. The Morgan fingerprint density at radius 1 is 1.38 bits per heavy atom. The summed E-state index contributed by atoms with van der Waals surface area (Å²) in [5, 5.41) is 21.6. The number of nitrogens with one attached hydrogen (secondary N) is 2. The highest BCUT2D eigenvalue weighted by molar-refractivity contribution is 8.15. The van der Waals surface area contributed by atoms with Crippen LogP contribution >= 0.6 is 11.8 Å². The summed E-state index contributed by atoms with van der Waals surface area (Å²) in [6.07, 6.45) is 2.41. The number of thioether (sulfide) groups is 1. The first-order valence-corrected chi connectivity index (χ1v) is 9.03. The Balaban J connectivity index is 1.88. The third kappa shape index (κ3) is 5.99. The van der Waals surface area contributed by atoms with Gasteiger partial charge in [-0.2, -0.15) is 5.10 Å². The van der Waals surface area contributed by atoms with E-state index in [2.05, 4.69) is 20.8 Å². The molecule has 1 aliphatic heterocycles. The second kappa shape index (κ2) is 9.71. The van der Waals surface area contributed by atoms with Gasteiger partial charge in [0.1, 0.15) is 11.3 Å². The number of carbonyl (C=O) groups excluding carboxylic acids is 2. The Hall–Kier alpha value is -2.68. The van der Waals surface area contributed by atoms with E-state index in [4.69, 9.17) is 5.11 Å². The molecule has 2 amide bonds. The predicted molar refractivity (Wildman–Crippen MR) is 100 cm³/mol. The van der Waals surface area contributed by atoms with Crippen molar-refractivity contribution in [3.8, 4) is 0 Å². The van der Waals surface area contributed by atoms with E-state index in [9.17, 15) is 14.4 Å². The molecule has 0 radical (unpaired) electrons. The summed E-state index contributed by atoms with van der Waals surface area (Å²) < 4.78 is 0. The lowest BCUT2D eigenvalue weighted by atomic mass is 10.1. The van der Waals surface area contributed by atoms with Gasteiger partial charge in [-0.15, -0.1) is 5.10 Å². The molecule has 2 rings (SSSR count). The lowest BCUT2D eigenvalue weighted by molar-refractivity contribution is -0.142. The average molecular weight is 376 g/mol. The molecule has 2 atom stereocenters. The van der Waals surface area contributed by atoms with Crippen molar-refractivity contribution in [2.24, 2.45) is 10.2 Å². The van der Waals surface area contributed by atoms with Crippen LogP contribution in [-0.2, 0) is 14.4 Å². The van der Waals surface area contributed by atoms with Crippen molar-refractivity contribution in [1.82, 2.24) is 10.6 Å². The van der Waals surface area contributed by atoms with E-state index < -0.39 is 23.2 Å². The number of hydrogen-bond donors (Lipinski definition) is 3. The molecule has 0 spiro atoms. The lowest BCUT2D eigenvalue weighted by Gasteiger charge is -2.14. The van der Waals surface area contributed by atoms with Crippen LogP contribution in [0.4, 0.5) is 0 Å². The summed E-state index contributed by atoms with van der Waals surface area (Å²) in [6.45, 7) is 1.83. The largest absolute Gasteiger partial charge is 0.480 e. The van der Waals surface area contributed by atoms with Gasteiger partial charge in [0.05, 0.1) is 6.21 Å². The fraction of sp³-hybridized carbons (Fsp3) is 0.353. The van der Waals surface area contributed by atoms with Crippen molar-refractivity contribution in [3.63, 3.8) is 0 Å². The molecule has 8 nitrogen and oxygen atoms in total. The number of amidine groups is 1. The van der Waals surface area contributed by atoms with Crippen LogP contribution in [0, 0.1) is 0 Å². The highest BCUT2D eigenvalue weighted by atomic mass is 32.2. The number of rotatable bonds is 8. The van der Waals surface area contributed by atoms with Crippen LogP contribution in [0.3, 0.4) is 0 Å². The average Bonchev–Trinajstić information content (AvgIpc) is 2.95. The summed E-state index contributed by atoms with van der Waals surface area (Å²) in [5.74, 6) is -1.91.